The third-order valence-corrected chi connectivity index (χ3v) is 5.56. The summed E-state index contributed by atoms with van der Waals surface area (Å²) < 4.78 is 0. The zero-order valence-corrected chi connectivity index (χ0v) is 15.7. The number of rotatable bonds is 5. The molecule has 0 unspecified atom stereocenters. The van der Waals surface area contributed by atoms with Gasteiger partial charge in [0.1, 0.15) is 0 Å². The molecule has 0 spiro atoms. The van der Waals surface area contributed by atoms with Crippen molar-refractivity contribution in [3.63, 3.8) is 0 Å². The second kappa shape index (κ2) is 8.06. The van der Waals surface area contributed by atoms with Crippen LogP contribution in [0.15, 0.2) is 48.8 Å². The fourth-order valence-electron chi connectivity index (χ4n) is 3.99. The van der Waals surface area contributed by atoms with Gasteiger partial charge in [0.05, 0.1) is 23.3 Å². The van der Waals surface area contributed by atoms with Crippen LogP contribution in [0.3, 0.4) is 0 Å². The molecule has 5 heteroatoms. The topological polar surface area (TPSA) is 25.9 Å². The van der Waals surface area contributed by atoms with Crippen LogP contribution in [0.25, 0.3) is 0 Å². The number of nitrogens with zero attached hydrogens (tertiary/aromatic N) is 5. The third kappa shape index (κ3) is 3.84. The van der Waals surface area contributed by atoms with Crippen molar-refractivity contribution in [2.45, 2.75) is 6.42 Å². The highest BCUT2D eigenvalue weighted by atomic mass is 15.3. The van der Waals surface area contributed by atoms with Crippen molar-refractivity contribution < 1.29 is 0 Å². The van der Waals surface area contributed by atoms with Gasteiger partial charge in [-0.2, -0.15) is 0 Å². The molecule has 3 heterocycles. The molecule has 1 saturated heterocycles. The predicted octanol–water partition coefficient (Wildman–Crippen LogP) is 2.68. The van der Waals surface area contributed by atoms with Crippen molar-refractivity contribution in [3.8, 4) is 0 Å². The molecule has 0 N–H and O–H groups in total. The molecule has 0 atom stereocenters. The first-order valence-electron chi connectivity index (χ1n) is 9.74. The maximum Gasteiger partial charge on any atom is 0.0649 e. The number of benzene rings is 1. The quantitative estimate of drug-likeness (QED) is 0.825. The van der Waals surface area contributed by atoms with Gasteiger partial charge in [0, 0.05) is 52.0 Å². The Bertz CT molecular complexity index is 697. The average Bonchev–Trinajstić information content (AvgIpc) is 2.70. The Labute approximate surface area is 156 Å². The largest absolute Gasteiger partial charge is 0.368 e. The van der Waals surface area contributed by atoms with Gasteiger partial charge >= 0.3 is 0 Å². The number of likely N-dealkylation sites (N-methyl/N-ethyl adjacent to an activating group) is 1. The van der Waals surface area contributed by atoms with Crippen molar-refractivity contribution in [1.82, 2.24) is 14.8 Å². The van der Waals surface area contributed by atoms with Gasteiger partial charge in [0.25, 0.3) is 0 Å². The first-order chi connectivity index (χ1) is 12.8. The molecule has 0 amide bonds. The lowest BCUT2D eigenvalue weighted by Crippen LogP contribution is -2.45. The number of hydrogen-bond donors (Lipinski definition) is 0. The molecule has 138 valence electrons. The standard InChI is InChI=1S/C21H29N5/c1-23-12-14-24(15-13-23)10-5-11-25-16-17-26(19-6-4-9-22-18-19)21-8-3-2-7-20(21)25/h2-4,6-9,18H,5,10-17H2,1H3. The summed E-state index contributed by atoms with van der Waals surface area (Å²) in [6, 6.07) is 12.9. The number of piperazine rings is 1. The number of pyridine rings is 1. The molecule has 0 saturated carbocycles. The SMILES string of the molecule is CN1CCN(CCCN2CCN(c3cccnc3)c3ccccc32)CC1. The fraction of sp³-hybridized carbons (Fsp3) is 0.476. The lowest BCUT2D eigenvalue weighted by Gasteiger charge is -2.39. The van der Waals surface area contributed by atoms with Crippen LogP contribution in [0.1, 0.15) is 6.42 Å². The van der Waals surface area contributed by atoms with E-state index in [-0.39, 0.29) is 0 Å². The molecule has 2 aliphatic heterocycles. The van der Waals surface area contributed by atoms with E-state index in [2.05, 4.69) is 62.0 Å². The van der Waals surface area contributed by atoms with Crippen molar-refractivity contribution >= 4 is 17.1 Å². The number of para-hydroxylation sites is 2. The van der Waals surface area contributed by atoms with Gasteiger partial charge < -0.3 is 19.6 Å². The number of aromatic nitrogens is 1. The highest BCUT2D eigenvalue weighted by Gasteiger charge is 2.23. The van der Waals surface area contributed by atoms with Gasteiger partial charge in [-0.05, 0) is 44.3 Å². The summed E-state index contributed by atoms with van der Waals surface area (Å²) in [4.78, 5) is 14.3. The predicted molar refractivity (Wildman–Crippen MR) is 108 cm³/mol. The summed E-state index contributed by atoms with van der Waals surface area (Å²) in [5, 5.41) is 0. The second-order valence-electron chi connectivity index (χ2n) is 7.34. The number of hydrogen-bond acceptors (Lipinski definition) is 5. The van der Waals surface area contributed by atoms with E-state index in [0.29, 0.717) is 0 Å². The van der Waals surface area contributed by atoms with Crippen molar-refractivity contribution in [3.05, 3.63) is 48.8 Å². The van der Waals surface area contributed by atoms with E-state index in [9.17, 15) is 0 Å². The van der Waals surface area contributed by atoms with Crippen LogP contribution < -0.4 is 9.80 Å². The van der Waals surface area contributed by atoms with Gasteiger partial charge in [-0.25, -0.2) is 0 Å². The molecule has 1 fully saturated rings. The summed E-state index contributed by atoms with van der Waals surface area (Å²) in [6.45, 7) is 9.23. The van der Waals surface area contributed by atoms with Crippen molar-refractivity contribution in [2.75, 3.05) is 69.2 Å². The van der Waals surface area contributed by atoms with Crippen molar-refractivity contribution in [1.29, 1.82) is 0 Å². The van der Waals surface area contributed by atoms with Crippen LogP contribution >= 0.6 is 0 Å². The van der Waals surface area contributed by atoms with E-state index < -0.39 is 0 Å². The first kappa shape index (κ1) is 17.3. The Balaban J connectivity index is 1.40. The molecule has 0 radical (unpaired) electrons. The molecule has 0 bridgehead atoms. The molecule has 5 nitrogen and oxygen atoms in total. The van der Waals surface area contributed by atoms with Gasteiger partial charge in [0.15, 0.2) is 0 Å². The lowest BCUT2D eigenvalue weighted by molar-refractivity contribution is 0.153. The van der Waals surface area contributed by atoms with Crippen molar-refractivity contribution in [2.24, 2.45) is 0 Å². The Morgan fingerprint density at radius 2 is 1.65 bits per heavy atom. The summed E-state index contributed by atoms with van der Waals surface area (Å²) in [5.74, 6) is 0. The maximum absolute atomic E-state index is 4.29. The van der Waals surface area contributed by atoms with Gasteiger partial charge in [-0.15, -0.1) is 0 Å². The highest BCUT2D eigenvalue weighted by molar-refractivity contribution is 5.79. The normalized spacial score (nSPS) is 18.8. The van der Waals surface area contributed by atoms with Crippen LogP contribution in [-0.2, 0) is 0 Å². The monoisotopic (exact) mass is 351 g/mol. The molecular formula is C21H29N5. The van der Waals surface area contributed by atoms with Crippen LogP contribution in [-0.4, -0.2) is 74.2 Å². The smallest absolute Gasteiger partial charge is 0.0649 e. The molecule has 0 aliphatic carbocycles. The van der Waals surface area contributed by atoms with Gasteiger partial charge in [-0.3, -0.25) is 4.98 Å². The molecule has 1 aromatic heterocycles. The minimum atomic E-state index is 1.01. The summed E-state index contributed by atoms with van der Waals surface area (Å²) in [5.41, 5.74) is 3.82. The Hall–Kier alpha value is -2.11. The van der Waals surface area contributed by atoms with Gasteiger partial charge in [-0.1, -0.05) is 12.1 Å². The molecule has 1 aromatic carbocycles. The molecular weight excluding hydrogens is 322 g/mol. The first-order valence-corrected chi connectivity index (χ1v) is 9.74. The fourth-order valence-corrected chi connectivity index (χ4v) is 3.99. The third-order valence-electron chi connectivity index (χ3n) is 5.56. The minimum absolute atomic E-state index is 1.01. The molecule has 2 aliphatic rings. The Morgan fingerprint density at radius 1 is 0.846 bits per heavy atom. The van der Waals surface area contributed by atoms with Crippen LogP contribution in [0.4, 0.5) is 17.1 Å². The zero-order valence-electron chi connectivity index (χ0n) is 15.7. The van der Waals surface area contributed by atoms with Crippen LogP contribution in [0.5, 0.6) is 0 Å². The summed E-state index contributed by atoms with van der Waals surface area (Å²) in [6.07, 6.45) is 5.02. The Morgan fingerprint density at radius 3 is 2.42 bits per heavy atom. The number of fused-ring (bicyclic) bond motifs is 1. The van der Waals surface area contributed by atoms with E-state index in [1.807, 2.05) is 18.5 Å². The molecule has 2 aromatic rings. The second-order valence-corrected chi connectivity index (χ2v) is 7.34. The van der Waals surface area contributed by atoms with Gasteiger partial charge in [0.2, 0.25) is 0 Å². The van der Waals surface area contributed by atoms with E-state index in [0.717, 1.165) is 19.6 Å². The van der Waals surface area contributed by atoms with E-state index >= 15 is 0 Å². The minimum Gasteiger partial charge on any atom is -0.368 e. The van der Waals surface area contributed by atoms with Crippen LogP contribution in [0, 0.1) is 0 Å². The zero-order chi connectivity index (χ0) is 17.8. The lowest BCUT2D eigenvalue weighted by atomic mass is 10.1. The summed E-state index contributed by atoms with van der Waals surface area (Å²) >= 11 is 0. The summed E-state index contributed by atoms with van der Waals surface area (Å²) in [7, 11) is 2.22. The Kier molecular flexibility index (Phi) is 5.37. The van der Waals surface area contributed by atoms with Crippen LogP contribution in [0.2, 0.25) is 0 Å². The number of anilines is 3. The maximum atomic E-state index is 4.29. The van der Waals surface area contributed by atoms with E-state index in [4.69, 9.17) is 0 Å². The van der Waals surface area contributed by atoms with E-state index in [1.165, 1.54) is 56.2 Å². The molecule has 4 rings (SSSR count). The average molecular weight is 351 g/mol. The highest BCUT2D eigenvalue weighted by Crippen LogP contribution is 2.37. The van der Waals surface area contributed by atoms with E-state index in [1.54, 1.807) is 0 Å². The molecule has 26 heavy (non-hydrogen) atoms.